The summed E-state index contributed by atoms with van der Waals surface area (Å²) in [5.74, 6) is 1.39. The van der Waals surface area contributed by atoms with Gasteiger partial charge in [0.15, 0.2) is 0 Å². The minimum Gasteiger partial charge on any atom is -0.476 e. The number of carbonyl (C=O) groups is 2. The molecule has 1 amide bonds. The quantitative estimate of drug-likeness (QED) is 0.565. The van der Waals surface area contributed by atoms with Crippen LogP contribution in [-0.2, 0) is 4.74 Å². The smallest absolute Gasteiger partial charge is 0.337 e. The molecule has 3 rings (SSSR count). The Labute approximate surface area is 170 Å². The van der Waals surface area contributed by atoms with Gasteiger partial charge < -0.3 is 19.7 Å². The van der Waals surface area contributed by atoms with E-state index in [0.29, 0.717) is 36.0 Å². The summed E-state index contributed by atoms with van der Waals surface area (Å²) >= 11 is 0. The van der Waals surface area contributed by atoms with E-state index in [-0.39, 0.29) is 5.91 Å². The molecule has 0 radical (unpaired) electrons. The van der Waals surface area contributed by atoms with Crippen LogP contribution in [0.3, 0.4) is 0 Å². The molecule has 0 aliphatic carbocycles. The number of nitrogens with zero attached hydrogens (tertiary/aromatic N) is 3. The number of aryl methyl sites for hydroxylation is 1. The van der Waals surface area contributed by atoms with Gasteiger partial charge in [0, 0.05) is 24.7 Å². The minimum absolute atomic E-state index is 0.238. The largest absolute Gasteiger partial charge is 0.476 e. The Balaban J connectivity index is 1.49. The van der Waals surface area contributed by atoms with Crippen molar-refractivity contribution in [3.8, 4) is 5.88 Å². The van der Waals surface area contributed by atoms with Crippen LogP contribution < -0.4 is 15.0 Å². The first kappa shape index (κ1) is 20.6. The third-order valence-corrected chi connectivity index (χ3v) is 4.69. The van der Waals surface area contributed by atoms with Crippen molar-refractivity contribution in [2.45, 2.75) is 26.2 Å². The fraction of sp³-hybridized carbons (Fsp3) is 0.429. The Morgan fingerprint density at radius 2 is 1.76 bits per heavy atom. The molecule has 1 saturated heterocycles. The van der Waals surface area contributed by atoms with E-state index in [1.165, 1.54) is 26.4 Å². The van der Waals surface area contributed by atoms with Crippen LogP contribution in [0.2, 0.25) is 0 Å². The molecule has 0 unspecified atom stereocenters. The molecule has 0 saturated carbocycles. The average Bonchev–Trinajstić information content (AvgIpc) is 2.76. The number of nitrogens with one attached hydrogen (secondary N) is 1. The number of amides is 1. The lowest BCUT2D eigenvalue weighted by atomic mass is 10.1. The molecule has 1 aliphatic rings. The number of hydrogen-bond donors (Lipinski definition) is 1. The van der Waals surface area contributed by atoms with Crippen LogP contribution in [0.4, 0.5) is 5.82 Å². The third-order valence-electron chi connectivity index (χ3n) is 4.69. The fourth-order valence-corrected chi connectivity index (χ4v) is 3.18. The SMILES string of the molecule is COC(=O)c1ccc(C(=O)NCCOc2cc(N3CCCCC3)nc(C)n2)cc1. The van der Waals surface area contributed by atoms with Gasteiger partial charge in [-0.15, -0.1) is 0 Å². The van der Waals surface area contributed by atoms with Crippen LogP contribution in [0.1, 0.15) is 45.8 Å². The number of esters is 1. The van der Waals surface area contributed by atoms with Crippen molar-refractivity contribution in [3.63, 3.8) is 0 Å². The van der Waals surface area contributed by atoms with Crippen molar-refractivity contribution in [2.24, 2.45) is 0 Å². The van der Waals surface area contributed by atoms with Crippen molar-refractivity contribution < 1.29 is 19.1 Å². The predicted molar refractivity (Wildman–Crippen MR) is 108 cm³/mol. The van der Waals surface area contributed by atoms with Gasteiger partial charge in [-0.2, -0.15) is 4.98 Å². The minimum atomic E-state index is -0.436. The van der Waals surface area contributed by atoms with Gasteiger partial charge >= 0.3 is 5.97 Å². The molecular weight excluding hydrogens is 372 g/mol. The van der Waals surface area contributed by atoms with Crippen molar-refractivity contribution in [1.82, 2.24) is 15.3 Å². The third kappa shape index (κ3) is 5.66. The maximum atomic E-state index is 12.2. The zero-order chi connectivity index (χ0) is 20.6. The van der Waals surface area contributed by atoms with Crippen LogP contribution in [0.15, 0.2) is 30.3 Å². The van der Waals surface area contributed by atoms with E-state index in [0.717, 1.165) is 18.9 Å². The maximum absolute atomic E-state index is 12.2. The number of hydrogen-bond acceptors (Lipinski definition) is 7. The molecule has 1 aliphatic heterocycles. The Morgan fingerprint density at radius 3 is 2.45 bits per heavy atom. The normalized spacial score (nSPS) is 13.7. The van der Waals surface area contributed by atoms with Gasteiger partial charge in [0.25, 0.3) is 5.91 Å². The summed E-state index contributed by atoms with van der Waals surface area (Å²) in [6.45, 7) is 4.48. The molecule has 1 aromatic carbocycles. The van der Waals surface area contributed by atoms with Gasteiger partial charge in [0.1, 0.15) is 18.2 Å². The van der Waals surface area contributed by atoms with Gasteiger partial charge in [-0.1, -0.05) is 0 Å². The zero-order valence-electron chi connectivity index (χ0n) is 16.8. The number of benzene rings is 1. The number of carbonyl (C=O) groups excluding carboxylic acids is 2. The van der Waals surface area contributed by atoms with Crippen LogP contribution in [0.25, 0.3) is 0 Å². The molecule has 2 aromatic rings. The Morgan fingerprint density at radius 1 is 1.07 bits per heavy atom. The molecule has 1 fully saturated rings. The molecule has 154 valence electrons. The second kappa shape index (κ2) is 9.86. The lowest BCUT2D eigenvalue weighted by Gasteiger charge is -2.28. The second-order valence-electron chi connectivity index (χ2n) is 6.83. The monoisotopic (exact) mass is 398 g/mol. The lowest BCUT2D eigenvalue weighted by molar-refractivity contribution is 0.0600. The first-order valence-electron chi connectivity index (χ1n) is 9.77. The summed E-state index contributed by atoms with van der Waals surface area (Å²) in [5, 5.41) is 2.79. The highest BCUT2D eigenvalue weighted by atomic mass is 16.5. The second-order valence-corrected chi connectivity index (χ2v) is 6.83. The molecule has 8 nitrogen and oxygen atoms in total. The van der Waals surface area contributed by atoms with E-state index in [9.17, 15) is 9.59 Å². The Kier molecular flexibility index (Phi) is 6.99. The number of aromatic nitrogens is 2. The lowest BCUT2D eigenvalue weighted by Crippen LogP contribution is -2.30. The highest BCUT2D eigenvalue weighted by molar-refractivity contribution is 5.96. The van der Waals surface area contributed by atoms with Gasteiger partial charge in [0.05, 0.1) is 19.2 Å². The highest BCUT2D eigenvalue weighted by Crippen LogP contribution is 2.21. The summed E-state index contributed by atoms with van der Waals surface area (Å²) in [7, 11) is 1.32. The molecule has 0 atom stereocenters. The number of rotatable bonds is 7. The first-order valence-corrected chi connectivity index (χ1v) is 9.77. The van der Waals surface area contributed by atoms with Gasteiger partial charge in [-0.05, 0) is 50.5 Å². The fourth-order valence-electron chi connectivity index (χ4n) is 3.18. The molecule has 8 heteroatoms. The van der Waals surface area contributed by atoms with Gasteiger partial charge in [0.2, 0.25) is 5.88 Å². The average molecular weight is 398 g/mol. The van der Waals surface area contributed by atoms with Crippen molar-refractivity contribution >= 4 is 17.7 Å². The molecule has 0 spiro atoms. The summed E-state index contributed by atoms with van der Waals surface area (Å²) < 4.78 is 10.4. The summed E-state index contributed by atoms with van der Waals surface area (Å²) in [6.07, 6.45) is 3.60. The zero-order valence-corrected chi connectivity index (χ0v) is 16.8. The van der Waals surface area contributed by atoms with Crippen molar-refractivity contribution in [1.29, 1.82) is 0 Å². The van der Waals surface area contributed by atoms with Crippen LogP contribution in [0.5, 0.6) is 5.88 Å². The van der Waals surface area contributed by atoms with Crippen LogP contribution >= 0.6 is 0 Å². The summed E-state index contributed by atoms with van der Waals surface area (Å²) in [4.78, 5) is 34.7. The molecule has 1 aromatic heterocycles. The van der Waals surface area contributed by atoms with E-state index in [2.05, 4.69) is 24.9 Å². The van der Waals surface area contributed by atoms with E-state index in [1.54, 1.807) is 24.3 Å². The topological polar surface area (TPSA) is 93.7 Å². The molecule has 2 heterocycles. The molecular formula is C21H26N4O4. The highest BCUT2D eigenvalue weighted by Gasteiger charge is 2.14. The van der Waals surface area contributed by atoms with Gasteiger partial charge in [-0.25, -0.2) is 9.78 Å². The van der Waals surface area contributed by atoms with Gasteiger partial charge in [-0.3, -0.25) is 4.79 Å². The van der Waals surface area contributed by atoms with Crippen molar-refractivity contribution in [2.75, 3.05) is 38.3 Å². The number of ether oxygens (including phenoxy) is 2. The van der Waals surface area contributed by atoms with E-state index in [1.807, 2.05) is 13.0 Å². The van der Waals surface area contributed by atoms with Crippen LogP contribution in [0, 0.1) is 6.92 Å². The molecule has 0 bridgehead atoms. The number of anilines is 1. The summed E-state index contributed by atoms with van der Waals surface area (Å²) in [5.41, 5.74) is 0.860. The number of piperidine rings is 1. The summed E-state index contributed by atoms with van der Waals surface area (Å²) in [6, 6.07) is 8.14. The predicted octanol–water partition coefficient (Wildman–Crippen LogP) is 2.37. The van der Waals surface area contributed by atoms with E-state index >= 15 is 0 Å². The maximum Gasteiger partial charge on any atom is 0.337 e. The Bertz CT molecular complexity index is 848. The van der Waals surface area contributed by atoms with Crippen molar-refractivity contribution in [3.05, 3.63) is 47.3 Å². The van der Waals surface area contributed by atoms with E-state index in [4.69, 9.17) is 4.74 Å². The molecule has 1 N–H and O–H groups in total. The molecule has 29 heavy (non-hydrogen) atoms. The number of methoxy groups -OCH3 is 1. The standard InChI is InChI=1S/C21H26N4O4/c1-15-23-18(25-11-4-3-5-12-25)14-19(24-15)29-13-10-22-20(26)16-6-8-17(9-7-16)21(27)28-2/h6-9,14H,3-5,10-13H2,1-2H3,(H,22,26). The Hall–Kier alpha value is -3.16. The first-order chi connectivity index (χ1) is 14.1. The van der Waals surface area contributed by atoms with E-state index < -0.39 is 5.97 Å². The van der Waals surface area contributed by atoms with Crippen LogP contribution in [-0.4, -0.2) is 55.2 Å².